The van der Waals surface area contributed by atoms with Gasteiger partial charge in [0.25, 0.3) is 0 Å². The molecule has 1 fully saturated rings. The van der Waals surface area contributed by atoms with Crippen LogP contribution < -0.4 is 19.3 Å². The minimum atomic E-state index is 0.0550. The van der Waals surface area contributed by atoms with Crippen LogP contribution in [0.1, 0.15) is 39.5 Å². The number of nitrogens with one attached hydrogen (secondary N) is 1. The van der Waals surface area contributed by atoms with E-state index in [9.17, 15) is 4.79 Å². The Morgan fingerprint density at radius 2 is 1.88 bits per heavy atom. The summed E-state index contributed by atoms with van der Waals surface area (Å²) in [4.78, 5) is 26.0. The third-order valence-corrected chi connectivity index (χ3v) is 7.36. The van der Waals surface area contributed by atoms with Crippen molar-refractivity contribution in [2.45, 2.75) is 25.3 Å². The highest BCUT2D eigenvalue weighted by molar-refractivity contribution is 6.31. The quantitative estimate of drug-likeness (QED) is 0.623. The molecule has 1 aromatic heterocycles. The van der Waals surface area contributed by atoms with E-state index in [1.54, 1.807) is 6.20 Å². The van der Waals surface area contributed by atoms with E-state index in [4.69, 9.17) is 26.1 Å². The van der Waals surface area contributed by atoms with E-state index >= 15 is 0 Å². The summed E-state index contributed by atoms with van der Waals surface area (Å²) in [7, 11) is 0. The molecule has 0 unspecified atom stereocenters. The lowest BCUT2D eigenvalue weighted by Crippen LogP contribution is -3.13. The minimum absolute atomic E-state index is 0.0550. The number of benzene rings is 2. The Hall–Kier alpha value is -3.16. The molecule has 3 aliphatic rings. The average Bonchev–Trinajstić information content (AvgIpc) is 3.32. The lowest BCUT2D eigenvalue weighted by atomic mass is 9.82. The van der Waals surface area contributed by atoms with Gasteiger partial charge in [0, 0.05) is 23.2 Å². The van der Waals surface area contributed by atoms with Crippen molar-refractivity contribution < 1.29 is 19.2 Å². The predicted octanol–water partition coefficient (Wildman–Crippen LogP) is 2.68. The molecule has 2 aromatic carbocycles. The second-order valence-electron chi connectivity index (χ2n) is 9.18. The highest BCUT2D eigenvalue weighted by Gasteiger charge is 2.30. The van der Waals surface area contributed by atoms with Crippen LogP contribution in [-0.4, -0.2) is 48.7 Å². The summed E-state index contributed by atoms with van der Waals surface area (Å²) in [5.74, 6) is 2.52. The third-order valence-electron chi connectivity index (χ3n) is 7.02. The summed E-state index contributed by atoms with van der Waals surface area (Å²) < 4.78 is 10.9. The average molecular weight is 478 g/mol. The van der Waals surface area contributed by atoms with Crippen LogP contribution in [0.2, 0.25) is 5.02 Å². The fourth-order valence-corrected chi connectivity index (χ4v) is 5.44. The normalized spacial score (nSPS) is 19.9. The Labute approximate surface area is 203 Å². The van der Waals surface area contributed by atoms with E-state index < -0.39 is 0 Å². The lowest BCUT2D eigenvalue weighted by molar-refractivity contribution is -0.914. The second kappa shape index (κ2) is 8.89. The third kappa shape index (κ3) is 4.10. The summed E-state index contributed by atoms with van der Waals surface area (Å²) in [6.07, 6.45) is 2.87. The maximum Gasteiger partial charge on any atom is 0.231 e. The molecule has 2 aliphatic heterocycles. The van der Waals surface area contributed by atoms with Crippen LogP contribution in [0.15, 0.2) is 48.7 Å². The summed E-state index contributed by atoms with van der Waals surface area (Å²) in [5.41, 5.74) is 3.76. The van der Waals surface area contributed by atoms with E-state index in [1.807, 2.05) is 30.3 Å². The number of halogens is 1. The van der Waals surface area contributed by atoms with Gasteiger partial charge in [0.2, 0.25) is 12.7 Å². The van der Waals surface area contributed by atoms with E-state index in [0.29, 0.717) is 36.2 Å². The Kier molecular flexibility index (Phi) is 5.59. The molecule has 1 aliphatic carbocycles. The van der Waals surface area contributed by atoms with E-state index in [1.165, 1.54) is 10.5 Å². The summed E-state index contributed by atoms with van der Waals surface area (Å²) in [5, 5.41) is 0.708. The van der Waals surface area contributed by atoms with Crippen LogP contribution >= 0.6 is 11.6 Å². The highest BCUT2D eigenvalue weighted by Crippen LogP contribution is 2.35. The maximum atomic E-state index is 12.8. The van der Waals surface area contributed by atoms with Crippen LogP contribution in [0.5, 0.6) is 11.5 Å². The van der Waals surface area contributed by atoms with Crippen molar-refractivity contribution in [1.29, 1.82) is 0 Å². The lowest BCUT2D eigenvalue weighted by Gasteiger charge is -2.33. The number of nitrogens with zero attached hydrogens (tertiary/aromatic N) is 3. The summed E-state index contributed by atoms with van der Waals surface area (Å²) in [6, 6.07) is 14.0. The number of ether oxygens (including phenoxy) is 2. The van der Waals surface area contributed by atoms with Gasteiger partial charge in [-0.15, -0.1) is 0 Å². The molecule has 1 atom stereocenters. The van der Waals surface area contributed by atoms with Crippen molar-refractivity contribution >= 4 is 23.3 Å². The summed E-state index contributed by atoms with van der Waals surface area (Å²) >= 11 is 6.42. The van der Waals surface area contributed by atoms with Crippen molar-refractivity contribution in [2.24, 2.45) is 0 Å². The molecule has 1 N–H and O–H groups in total. The van der Waals surface area contributed by atoms with Crippen LogP contribution in [0.4, 0.5) is 5.95 Å². The van der Waals surface area contributed by atoms with Gasteiger partial charge in [-0.3, -0.25) is 4.79 Å². The first-order chi connectivity index (χ1) is 16.6. The molecule has 0 amide bonds. The predicted molar refractivity (Wildman–Crippen MR) is 128 cm³/mol. The molecule has 7 nitrogen and oxygen atoms in total. The SMILES string of the molecule is O=C1C[C@@H](c2ccccc2Cl)Cc2nc(N3CC[NH+](Cc4ccc5c(c4)OCO5)CC3)ncc21. The van der Waals surface area contributed by atoms with Gasteiger partial charge >= 0.3 is 0 Å². The fraction of sp³-hybridized carbons (Fsp3) is 0.346. The Morgan fingerprint density at radius 1 is 1.06 bits per heavy atom. The van der Waals surface area contributed by atoms with Gasteiger partial charge in [-0.1, -0.05) is 29.8 Å². The molecule has 3 heterocycles. The van der Waals surface area contributed by atoms with Crippen LogP contribution in [0, 0.1) is 0 Å². The van der Waals surface area contributed by atoms with E-state index in [0.717, 1.165) is 55.5 Å². The molecule has 34 heavy (non-hydrogen) atoms. The largest absolute Gasteiger partial charge is 0.454 e. The molecule has 0 bridgehead atoms. The minimum Gasteiger partial charge on any atom is -0.454 e. The van der Waals surface area contributed by atoms with Gasteiger partial charge in [0.15, 0.2) is 17.3 Å². The number of piperazine rings is 1. The molecule has 0 saturated carbocycles. The van der Waals surface area contributed by atoms with Gasteiger partial charge in [0.05, 0.1) is 37.4 Å². The molecule has 6 rings (SSSR count). The Bertz CT molecular complexity index is 1240. The zero-order chi connectivity index (χ0) is 23.1. The Morgan fingerprint density at radius 3 is 2.74 bits per heavy atom. The molecular weight excluding hydrogens is 452 g/mol. The smallest absolute Gasteiger partial charge is 0.231 e. The monoisotopic (exact) mass is 477 g/mol. The van der Waals surface area contributed by atoms with Crippen molar-refractivity contribution in [1.82, 2.24) is 9.97 Å². The first-order valence-corrected chi connectivity index (χ1v) is 12.1. The number of fused-ring (bicyclic) bond motifs is 2. The number of hydrogen-bond acceptors (Lipinski definition) is 6. The van der Waals surface area contributed by atoms with Crippen LogP contribution in [-0.2, 0) is 13.0 Å². The number of anilines is 1. The molecule has 0 radical (unpaired) electrons. The maximum absolute atomic E-state index is 12.8. The van der Waals surface area contributed by atoms with E-state index in [-0.39, 0.29) is 11.7 Å². The van der Waals surface area contributed by atoms with Crippen molar-refractivity contribution in [3.63, 3.8) is 0 Å². The van der Waals surface area contributed by atoms with E-state index in [2.05, 4.69) is 22.0 Å². The van der Waals surface area contributed by atoms with Gasteiger partial charge in [-0.2, -0.15) is 0 Å². The number of ketones is 1. The molecular formula is C26H26ClN4O3+. The number of carbonyl (C=O) groups is 1. The van der Waals surface area contributed by atoms with Crippen molar-refractivity contribution in [3.05, 3.63) is 76.1 Å². The van der Waals surface area contributed by atoms with Crippen LogP contribution in [0.3, 0.4) is 0 Å². The molecule has 1 saturated heterocycles. The second-order valence-corrected chi connectivity index (χ2v) is 9.59. The number of quaternary nitrogens is 1. The number of carbonyl (C=O) groups excluding carboxylic acids is 1. The Balaban J connectivity index is 1.13. The van der Waals surface area contributed by atoms with Gasteiger partial charge in [0.1, 0.15) is 6.54 Å². The topological polar surface area (TPSA) is 69.0 Å². The van der Waals surface area contributed by atoms with Crippen molar-refractivity contribution in [2.75, 3.05) is 37.9 Å². The highest BCUT2D eigenvalue weighted by atomic mass is 35.5. The fourth-order valence-electron chi connectivity index (χ4n) is 5.15. The molecule has 3 aromatic rings. The number of aromatic nitrogens is 2. The van der Waals surface area contributed by atoms with Gasteiger partial charge < -0.3 is 19.3 Å². The molecule has 0 spiro atoms. The first-order valence-electron chi connectivity index (χ1n) is 11.7. The van der Waals surface area contributed by atoms with Gasteiger partial charge in [-0.25, -0.2) is 9.97 Å². The number of Topliss-reactive ketones (excluding diaryl/α,β-unsaturated/α-hetero) is 1. The first kappa shape index (κ1) is 21.4. The van der Waals surface area contributed by atoms with Crippen LogP contribution in [0.25, 0.3) is 0 Å². The van der Waals surface area contributed by atoms with Crippen molar-refractivity contribution in [3.8, 4) is 11.5 Å². The zero-order valence-corrected chi connectivity index (χ0v) is 19.6. The number of hydrogen-bond donors (Lipinski definition) is 1. The zero-order valence-electron chi connectivity index (χ0n) is 18.8. The molecule has 8 heteroatoms. The standard InChI is InChI=1S/C26H25ClN4O3/c27-21-4-2-1-3-19(21)18-12-22-20(23(32)13-18)14-28-26(29-22)31-9-7-30(8-10-31)15-17-5-6-24-25(11-17)34-16-33-24/h1-6,11,14,18H,7-10,12-13,15-16H2/p+1/t18-/m0/s1. The molecule has 174 valence electrons. The van der Waals surface area contributed by atoms with Gasteiger partial charge in [-0.05, 0) is 42.2 Å². The summed E-state index contributed by atoms with van der Waals surface area (Å²) in [6.45, 7) is 4.99. The number of rotatable bonds is 4.